The first-order chi connectivity index (χ1) is 10.1. The number of anilines is 3. The topological polar surface area (TPSA) is 70.2 Å². The van der Waals surface area contributed by atoms with Crippen LogP contribution in [0.5, 0.6) is 0 Å². The van der Waals surface area contributed by atoms with Crippen LogP contribution in [0.25, 0.3) is 0 Å². The summed E-state index contributed by atoms with van der Waals surface area (Å²) in [4.78, 5) is 22.2. The van der Waals surface area contributed by atoms with Crippen LogP contribution in [0.4, 0.5) is 26.2 Å². The predicted octanol–water partition coefficient (Wildman–Crippen LogP) is 3.35. The molecule has 108 valence electrons. The molecule has 2 aromatic carbocycles. The molecule has 0 unspecified atom stereocenters. The number of rotatable bonds is 4. The molecule has 0 aliphatic rings. The monoisotopic (exact) mass is 287 g/mol. The van der Waals surface area contributed by atoms with Gasteiger partial charge in [-0.15, -0.1) is 0 Å². The van der Waals surface area contributed by atoms with Crippen LogP contribution in [-0.4, -0.2) is 12.4 Å². The summed E-state index contributed by atoms with van der Waals surface area (Å²) >= 11 is 0. The highest BCUT2D eigenvalue weighted by Crippen LogP contribution is 2.19. The van der Waals surface area contributed by atoms with Gasteiger partial charge in [0.15, 0.2) is 0 Å². The molecule has 2 rings (SSSR count). The summed E-state index contributed by atoms with van der Waals surface area (Å²) in [5.41, 5.74) is 2.57. The van der Waals surface area contributed by atoms with Crippen LogP contribution in [-0.2, 0) is 4.79 Å². The molecule has 6 heteroatoms. The molecule has 0 saturated carbocycles. The Morgan fingerprint density at radius 2 is 1.67 bits per heavy atom. The summed E-state index contributed by atoms with van der Waals surface area (Å²) < 4.78 is 12.8. The van der Waals surface area contributed by atoms with Gasteiger partial charge in [0, 0.05) is 17.1 Å². The highest BCUT2D eigenvalue weighted by Gasteiger charge is 2.04. The quantitative estimate of drug-likeness (QED) is 0.755. The number of amides is 3. The van der Waals surface area contributed by atoms with E-state index >= 15 is 0 Å². The maximum absolute atomic E-state index is 12.8. The fourth-order valence-electron chi connectivity index (χ4n) is 1.79. The van der Waals surface area contributed by atoms with Gasteiger partial charge in [0.2, 0.25) is 6.41 Å². The lowest BCUT2D eigenvalue weighted by atomic mass is 10.2. The van der Waals surface area contributed by atoms with E-state index < -0.39 is 6.03 Å². The molecule has 0 saturated heterocycles. The standard InChI is InChI=1S/C15H14FN3O2/c1-10-8-13(6-7-14(10)17-9-20)19-15(21)18-12-4-2-11(16)3-5-12/h2-9H,1H3,(H,17,20)(H2,18,19,21). The van der Waals surface area contributed by atoms with Crippen LogP contribution in [0.15, 0.2) is 42.5 Å². The molecule has 0 spiro atoms. The van der Waals surface area contributed by atoms with Crippen LogP contribution >= 0.6 is 0 Å². The smallest absolute Gasteiger partial charge is 0.323 e. The second-order valence-electron chi connectivity index (χ2n) is 4.38. The molecule has 21 heavy (non-hydrogen) atoms. The minimum Gasteiger partial charge on any atom is -0.328 e. The van der Waals surface area contributed by atoms with Gasteiger partial charge in [0.1, 0.15) is 5.82 Å². The Balaban J connectivity index is 2.00. The minimum atomic E-state index is -0.433. The molecule has 0 atom stereocenters. The summed E-state index contributed by atoms with van der Waals surface area (Å²) in [6.07, 6.45) is 0.594. The Morgan fingerprint density at radius 3 is 2.29 bits per heavy atom. The molecular formula is C15H14FN3O2. The molecule has 5 nitrogen and oxygen atoms in total. The summed E-state index contributed by atoms with van der Waals surface area (Å²) in [5, 5.41) is 7.80. The van der Waals surface area contributed by atoms with Gasteiger partial charge in [0.25, 0.3) is 0 Å². The highest BCUT2D eigenvalue weighted by atomic mass is 19.1. The van der Waals surface area contributed by atoms with E-state index in [1.165, 1.54) is 24.3 Å². The summed E-state index contributed by atoms with van der Waals surface area (Å²) in [6.45, 7) is 1.81. The van der Waals surface area contributed by atoms with Crippen LogP contribution in [0.2, 0.25) is 0 Å². The maximum atomic E-state index is 12.8. The zero-order valence-electron chi connectivity index (χ0n) is 11.3. The summed E-state index contributed by atoms with van der Waals surface area (Å²) in [5.74, 6) is -0.366. The van der Waals surface area contributed by atoms with Crippen molar-refractivity contribution in [1.82, 2.24) is 0 Å². The van der Waals surface area contributed by atoms with E-state index in [9.17, 15) is 14.0 Å². The lowest BCUT2D eigenvalue weighted by Crippen LogP contribution is -2.19. The van der Waals surface area contributed by atoms with E-state index in [4.69, 9.17) is 0 Å². The predicted molar refractivity (Wildman–Crippen MR) is 79.9 cm³/mol. The Hall–Kier alpha value is -2.89. The first kappa shape index (κ1) is 14.5. The van der Waals surface area contributed by atoms with Crippen molar-refractivity contribution in [3.05, 3.63) is 53.8 Å². The van der Waals surface area contributed by atoms with Crippen molar-refractivity contribution in [2.24, 2.45) is 0 Å². The zero-order chi connectivity index (χ0) is 15.2. The van der Waals surface area contributed by atoms with Crippen LogP contribution in [0.3, 0.4) is 0 Å². The number of urea groups is 1. The highest BCUT2D eigenvalue weighted by molar-refractivity contribution is 6.00. The van der Waals surface area contributed by atoms with E-state index in [0.717, 1.165) is 5.56 Å². The Bertz CT molecular complexity index is 656. The maximum Gasteiger partial charge on any atom is 0.323 e. The third-order valence-corrected chi connectivity index (χ3v) is 2.80. The van der Waals surface area contributed by atoms with Gasteiger partial charge in [-0.05, 0) is 55.0 Å². The third-order valence-electron chi connectivity index (χ3n) is 2.80. The van der Waals surface area contributed by atoms with Gasteiger partial charge in [-0.1, -0.05) is 0 Å². The number of hydrogen-bond donors (Lipinski definition) is 3. The molecule has 3 N–H and O–H groups in total. The van der Waals surface area contributed by atoms with Gasteiger partial charge in [-0.25, -0.2) is 9.18 Å². The molecular weight excluding hydrogens is 273 g/mol. The number of hydrogen-bond acceptors (Lipinski definition) is 2. The van der Waals surface area contributed by atoms with Crippen molar-refractivity contribution < 1.29 is 14.0 Å². The van der Waals surface area contributed by atoms with Crippen LogP contribution < -0.4 is 16.0 Å². The fraction of sp³-hybridized carbons (Fsp3) is 0.0667. The van der Waals surface area contributed by atoms with E-state index in [0.29, 0.717) is 23.5 Å². The molecule has 0 bridgehead atoms. The second kappa shape index (κ2) is 6.51. The van der Waals surface area contributed by atoms with Crippen LogP contribution in [0.1, 0.15) is 5.56 Å². The first-order valence-electron chi connectivity index (χ1n) is 6.23. The van der Waals surface area contributed by atoms with E-state index in [2.05, 4.69) is 16.0 Å². The van der Waals surface area contributed by atoms with Crippen molar-refractivity contribution in [1.29, 1.82) is 0 Å². The number of aryl methyl sites for hydroxylation is 1. The largest absolute Gasteiger partial charge is 0.328 e. The van der Waals surface area contributed by atoms with Crippen LogP contribution in [0, 0.1) is 12.7 Å². The molecule has 0 radical (unpaired) electrons. The van der Waals surface area contributed by atoms with E-state index in [1.807, 2.05) is 6.92 Å². The summed E-state index contributed by atoms with van der Waals surface area (Å²) in [7, 11) is 0. The first-order valence-corrected chi connectivity index (χ1v) is 6.23. The minimum absolute atomic E-state index is 0.366. The van der Waals surface area contributed by atoms with Crippen molar-refractivity contribution in [2.75, 3.05) is 16.0 Å². The number of nitrogens with one attached hydrogen (secondary N) is 3. The number of carbonyl (C=O) groups excluding carboxylic acids is 2. The number of benzene rings is 2. The van der Waals surface area contributed by atoms with E-state index in [1.54, 1.807) is 18.2 Å². The normalized spacial score (nSPS) is 9.81. The zero-order valence-corrected chi connectivity index (χ0v) is 11.3. The molecule has 0 heterocycles. The average molecular weight is 287 g/mol. The SMILES string of the molecule is Cc1cc(NC(=O)Nc2ccc(F)cc2)ccc1NC=O. The Kier molecular flexibility index (Phi) is 4.50. The molecule has 0 fully saturated rings. The average Bonchev–Trinajstić information content (AvgIpc) is 2.44. The van der Waals surface area contributed by atoms with Gasteiger partial charge in [-0.2, -0.15) is 0 Å². The molecule has 0 aromatic heterocycles. The van der Waals surface area contributed by atoms with Gasteiger partial charge >= 0.3 is 6.03 Å². The molecule has 0 aliphatic carbocycles. The van der Waals surface area contributed by atoms with Gasteiger partial charge in [0.05, 0.1) is 0 Å². The number of halogens is 1. The van der Waals surface area contributed by atoms with Gasteiger partial charge in [-0.3, -0.25) is 4.79 Å². The Morgan fingerprint density at radius 1 is 1.05 bits per heavy atom. The number of carbonyl (C=O) groups is 2. The van der Waals surface area contributed by atoms with Gasteiger partial charge < -0.3 is 16.0 Å². The van der Waals surface area contributed by atoms with Crippen molar-refractivity contribution in [3.63, 3.8) is 0 Å². The molecule has 3 amide bonds. The lowest BCUT2D eigenvalue weighted by Gasteiger charge is -2.10. The van der Waals surface area contributed by atoms with Crippen molar-refractivity contribution in [3.8, 4) is 0 Å². The summed E-state index contributed by atoms with van der Waals surface area (Å²) in [6, 6.07) is 10.1. The Labute approximate surface area is 121 Å². The molecule has 2 aromatic rings. The second-order valence-corrected chi connectivity index (χ2v) is 4.38. The molecule has 0 aliphatic heterocycles. The van der Waals surface area contributed by atoms with Crippen molar-refractivity contribution >= 4 is 29.5 Å². The van der Waals surface area contributed by atoms with E-state index in [-0.39, 0.29) is 5.82 Å². The lowest BCUT2D eigenvalue weighted by molar-refractivity contribution is -0.105. The third kappa shape index (κ3) is 4.04. The fourth-order valence-corrected chi connectivity index (χ4v) is 1.79. The van der Waals surface area contributed by atoms with Crippen molar-refractivity contribution in [2.45, 2.75) is 6.92 Å².